The molecule has 0 amide bonds. The molecule has 0 spiro atoms. The molecule has 3 unspecified atom stereocenters. The van der Waals surface area contributed by atoms with Crippen molar-refractivity contribution >= 4 is 11.5 Å². The summed E-state index contributed by atoms with van der Waals surface area (Å²) in [7, 11) is 0. The van der Waals surface area contributed by atoms with E-state index in [0.717, 1.165) is 25.1 Å². The summed E-state index contributed by atoms with van der Waals surface area (Å²) < 4.78 is 48.2. The Labute approximate surface area is 162 Å². The Morgan fingerprint density at radius 1 is 1.18 bits per heavy atom. The van der Waals surface area contributed by atoms with E-state index in [1.807, 2.05) is 6.07 Å². The van der Waals surface area contributed by atoms with Gasteiger partial charge in [-0.05, 0) is 44.7 Å². The van der Waals surface area contributed by atoms with Gasteiger partial charge in [-0.1, -0.05) is 6.92 Å². The number of nitrogens with zero attached hydrogens (tertiary/aromatic N) is 3. The van der Waals surface area contributed by atoms with Crippen LogP contribution in [0.15, 0.2) is 18.5 Å². The first-order valence-electron chi connectivity index (χ1n) is 9.81. The second-order valence-corrected chi connectivity index (χ2v) is 7.50. The number of hydrogen-bond acceptors (Lipinski definition) is 5. The number of aromatic nitrogens is 3. The van der Waals surface area contributed by atoms with Crippen LogP contribution in [0.1, 0.15) is 44.6 Å². The summed E-state index contributed by atoms with van der Waals surface area (Å²) in [6.07, 6.45) is -0.473. The van der Waals surface area contributed by atoms with Crippen LogP contribution in [0.3, 0.4) is 0 Å². The molecule has 0 radical (unpaired) electrons. The fraction of sp³-hybridized carbons (Fsp3) is 0.684. The summed E-state index contributed by atoms with van der Waals surface area (Å²) in [5.74, 6) is -1.05. The Balaban J connectivity index is 1.86. The van der Waals surface area contributed by atoms with E-state index in [1.165, 1.54) is 0 Å². The SMILES string of the molecule is CC1CC(C(F)(F)F)CC(C)c2cnn3ccc(nc23)NCCCNCCO1. The topological polar surface area (TPSA) is 63.5 Å². The van der Waals surface area contributed by atoms with Gasteiger partial charge in [0.1, 0.15) is 5.82 Å². The van der Waals surface area contributed by atoms with Crippen LogP contribution in [0.4, 0.5) is 19.0 Å². The molecule has 3 atom stereocenters. The highest BCUT2D eigenvalue weighted by atomic mass is 19.4. The molecular formula is C19H28F3N5O. The van der Waals surface area contributed by atoms with Crippen LogP contribution in [0.25, 0.3) is 5.65 Å². The maximum Gasteiger partial charge on any atom is 0.391 e. The van der Waals surface area contributed by atoms with Gasteiger partial charge in [0.25, 0.3) is 0 Å². The van der Waals surface area contributed by atoms with Crippen LogP contribution in [0.5, 0.6) is 0 Å². The molecule has 0 saturated carbocycles. The van der Waals surface area contributed by atoms with E-state index >= 15 is 0 Å². The summed E-state index contributed by atoms with van der Waals surface area (Å²) >= 11 is 0. The lowest BCUT2D eigenvalue weighted by Gasteiger charge is -2.26. The molecule has 0 saturated heterocycles. The zero-order valence-electron chi connectivity index (χ0n) is 16.3. The number of nitrogens with one attached hydrogen (secondary N) is 2. The molecule has 3 heterocycles. The molecule has 2 aromatic heterocycles. The lowest BCUT2D eigenvalue weighted by Crippen LogP contribution is -2.30. The zero-order valence-corrected chi connectivity index (χ0v) is 16.3. The highest BCUT2D eigenvalue weighted by molar-refractivity contribution is 5.53. The molecule has 6 nitrogen and oxygen atoms in total. The van der Waals surface area contributed by atoms with Crippen LogP contribution in [-0.2, 0) is 4.74 Å². The molecule has 1 aliphatic rings. The fourth-order valence-electron chi connectivity index (χ4n) is 3.61. The predicted molar refractivity (Wildman–Crippen MR) is 102 cm³/mol. The third kappa shape index (κ3) is 5.35. The van der Waals surface area contributed by atoms with Gasteiger partial charge in [-0.25, -0.2) is 9.50 Å². The largest absolute Gasteiger partial charge is 0.391 e. The van der Waals surface area contributed by atoms with Crippen molar-refractivity contribution in [3.63, 3.8) is 0 Å². The minimum Gasteiger partial charge on any atom is -0.377 e. The Bertz CT molecular complexity index is 764. The smallest absolute Gasteiger partial charge is 0.377 e. The fourth-order valence-corrected chi connectivity index (χ4v) is 3.61. The first-order valence-corrected chi connectivity index (χ1v) is 9.81. The van der Waals surface area contributed by atoms with Crippen molar-refractivity contribution in [2.45, 2.75) is 51.3 Å². The van der Waals surface area contributed by atoms with Crippen molar-refractivity contribution in [2.75, 3.05) is 31.6 Å². The number of fused-ring (bicyclic) bond motifs is 1. The number of hydrogen-bond donors (Lipinski definition) is 2. The Kier molecular flexibility index (Phi) is 6.77. The van der Waals surface area contributed by atoms with Gasteiger partial charge < -0.3 is 15.4 Å². The van der Waals surface area contributed by atoms with Gasteiger partial charge >= 0.3 is 6.18 Å². The van der Waals surface area contributed by atoms with Crippen molar-refractivity contribution in [3.8, 4) is 0 Å². The van der Waals surface area contributed by atoms with Crippen LogP contribution in [0.2, 0.25) is 0 Å². The molecule has 0 fully saturated rings. The van der Waals surface area contributed by atoms with Crippen molar-refractivity contribution in [2.24, 2.45) is 5.92 Å². The van der Waals surface area contributed by atoms with Gasteiger partial charge in [0.15, 0.2) is 5.65 Å². The quantitative estimate of drug-likeness (QED) is 0.709. The molecule has 3 rings (SSSR count). The summed E-state index contributed by atoms with van der Waals surface area (Å²) in [6.45, 7) is 6.10. The average Bonchev–Trinajstić information content (AvgIpc) is 3.05. The molecule has 2 bridgehead atoms. The van der Waals surface area contributed by atoms with Crippen molar-refractivity contribution in [3.05, 3.63) is 24.0 Å². The van der Waals surface area contributed by atoms with Gasteiger partial charge in [0, 0.05) is 24.8 Å². The third-order valence-corrected chi connectivity index (χ3v) is 5.16. The number of alkyl halides is 3. The molecule has 1 aliphatic heterocycles. The second kappa shape index (κ2) is 9.09. The maximum atomic E-state index is 13.7. The Morgan fingerprint density at radius 3 is 2.79 bits per heavy atom. The van der Waals surface area contributed by atoms with Crippen LogP contribution < -0.4 is 10.6 Å². The van der Waals surface area contributed by atoms with Crippen molar-refractivity contribution in [1.82, 2.24) is 19.9 Å². The first kappa shape index (κ1) is 20.9. The van der Waals surface area contributed by atoms with E-state index < -0.39 is 18.2 Å². The first-order chi connectivity index (χ1) is 13.3. The number of rotatable bonds is 0. The van der Waals surface area contributed by atoms with Gasteiger partial charge in [0.05, 0.1) is 24.8 Å². The molecule has 2 N–H and O–H groups in total. The van der Waals surface area contributed by atoms with Crippen LogP contribution >= 0.6 is 0 Å². The van der Waals surface area contributed by atoms with E-state index in [9.17, 15) is 13.2 Å². The lowest BCUT2D eigenvalue weighted by molar-refractivity contribution is -0.185. The molecule has 28 heavy (non-hydrogen) atoms. The number of ether oxygens (including phenoxy) is 1. The number of halogens is 3. The van der Waals surface area contributed by atoms with E-state index in [1.54, 1.807) is 30.8 Å². The van der Waals surface area contributed by atoms with E-state index in [2.05, 4.69) is 20.7 Å². The maximum absolute atomic E-state index is 13.7. The lowest BCUT2D eigenvalue weighted by atomic mass is 9.87. The average molecular weight is 399 g/mol. The highest BCUT2D eigenvalue weighted by Crippen LogP contribution is 2.38. The normalized spacial score (nSPS) is 26.1. The third-order valence-electron chi connectivity index (χ3n) is 5.16. The molecule has 156 valence electrons. The van der Waals surface area contributed by atoms with Gasteiger partial charge in [-0.2, -0.15) is 18.3 Å². The standard InChI is InChI=1S/C19H28F3N5O/c1-13-10-15(19(20,21)22)11-14(2)28-9-7-23-5-3-6-24-17-4-8-27-18(26-17)16(13)12-25-27/h4,8,12-15,23H,3,5-7,9-11H2,1-2H3,(H,24,26). The molecule has 0 aliphatic carbocycles. The molecule has 0 aromatic carbocycles. The Morgan fingerprint density at radius 2 is 2.00 bits per heavy atom. The molecule has 2 aromatic rings. The van der Waals surface area contributed by atoms with E-state index in [0.29, 0.717) is 24.6 Å². The monoisotopic (exact) mass is 399 g/mol. The Hall–Kier alpha value is -1.87. The summed E-state index contributed by atoms with van der Waals surface area (Å²) in [5, 5.41) is 10.8. The predicted octanol–water partition coefficient (Wildman–Crippen LogP) is 3.60. The van der Waals surface area contributed by atoms with E-state index in [4.69, 9.17) is 4.74 Å². The summed E-state index contributed by atoms with van der Waals surface area (Å²) in [4.78, 5) is 4.58. The van der Waals surface area contributed by atoms with E-state index in [-0.39, 0.29) is 18.8 Å². The van der Waals surface area contributed by atoms with Crippen LogP contribution in [0, 0.1) is 5.92 Å². The summed E-state index contributed by atoms with van der Waals surface area (Å²) in [5.41, 5.74) is 1.34. The highest BCUT2D eigenvalue weighted by Gasteiger charge is 2.41. The van der Waals surface area contributed by atoms with Crippen LogP contribution in [-0.4, -0.2) is 53.1 Å². The zero-order chi connectivity index (χ0) is 20.1. The minimum atomic E-state index is -4.27. The van der Waals surface area contributed by atoms with Gasteiger partial charge in [-0.3, -0.25) is 0 Å². The second-order valence-electron chi connectivity index (χ2n) is 7.50. The molecule has 9 heteroatoms. The minimum absolute atomic E-state index is 0.0177. The van der Waals surface area contributed by atoms with Gasteiger partial charge in [-0.15, -0.1) is 0 Å². The van der Waals surface area contributed by atoms with Crippen molar-refractivity contribution in [1.29, 1.82) is 0 Å². The molecular weight excluding hydrogens is 371 g/mol. The van der Waals surface area contributed by atoms with Gasteiger partial charge in [0.2, 0.25) is 0 Å². The van der Waals surface area contributed by atoms with Crippen molar-refractivity contribution < 1.29 is 17.9 Å². The summed E-state index contributed by atoms with van der Waals surface area (Å²) in [6, 6.07) is 1.82. The number of anilines is 1.